The SMILES string of the molecule is CCOC(=O)Nc1ccc2c(c1)NC(=O)C[C@@H]2c1cnc(COC)nc1. The number of anilines is 2. The molecule has 1 aliphatic rings. The number of fused-ring (bicyclic) bond motifs is 1. The van der Waals surface area contributed by atoms with E-state index < -0.39 is 6.09 Å². The molecule has 0 unspecified atom stereocenters. The number of amides is 2. The zero-order chi connectivity index (χ0) is 18.5. The number of rotatable bonds is 5. The molecule has 8 nitrogen and oxygen atoms in total. The molecule has 0 saturated heterocycles. The van der Waals surface area contributed by atoms with Crippen LogP contribution in [0.25, 0.3) is 0 Å². The number of nitrogens with zero attached hydrogens (tertiary/aromatic N) is 2. The first-order chi connectivity index (χ1) is 12.6. The molecule has 2 amide bonds. The normalized spacial score (nSPS) is 15.8. The highest BCUT2D eigenvalue weighted by Crippen LogP contribution is 2.38. The maximum absolute atomic E-state index is 12.1. The summed E-state index contributed by atoms with van der Waals surface area (Å²) >= 11 is 0. The third kappa shape index (κ3) is 3.97. The van der Waals surface area contributed by atoms with Gasteiger partial charge in [-0.15, -0.1) is 0 Å². The molecule has 26 heavy (non-hydrogen) atoms. The lowest BCUT2D eigenvalue weighted by molar-refractivity contribution is -0.116. The van der Waals surface area contributed by atoms with E-state index in [0.717, 1.165) is 11.1 Å². The summed E-state index contributed by atoms with van der Waals surface area (Å²) in [5.41, 5.74) is 3.01. The molecule has 0 fully saturated rings. The molecule has 1 aromatic heterocycles. The molecule has 0 bridgehead atoms. The largest absolute Gasteiger partial charge is 0.450 e. The zero-order valence-corrected chi connectivity index (χ0v) is 14.6. The van der Waals surface area contributed by atoms with Crippen LogP contribution in [0.3, 0.4) is 0 Å². The predicted octanol–water partition coefficient (Wildman–Crippen LogP) is 2.67. The van der Waals surface area contributed by atoms with E-state index in [1.165, 1.54) is 0 Å². The minimum atomic E-state index is -0.534. The molecule has 0 radical (unpaired) electrons. The molecule has 2 N–H and O–H groups in total. The average Bonchev–Trinajstić information content (AvgIpc) is 2.62. The van der Waals surface area contributed by atoms with E-state index in [0.29, 0.717) is 30.2 Å². The van der Waals surface area contributed by atoms with E-state index >= 15 is 0 Å². The number of hydrogen-bond donors (Lipinski definition) is 2. The van der Waals surface area contributed by atoms with E-state index in [1.807, 2.05) is 6.07 Å². The van der Waals surface area contributed by atoms with Gasteiger partial charge in [0.25, 0.3) is 0 Å². The van der Waals surface area contributed by atoms with Gasteiger partial charge in [-0.25, -0.2) is 14.8 Å². The van der Waals surface area contributed by atoms with Gasteiger partial charge in [-0.05, 0) is 30.2 Å². The van der Waals surface area contributed by atoms with Crippen molar-refractivity contribution in [3.8, 4) is 0 Å². The van der Waals surface area contributed by atoms with Crippen molar-refractivity contribution >= 4 is 23.4 Å². The topological polar surface area (TPSA) is 102 Å². The molecule has 0 aliphatic carbocycles. The first kappa shape index (κ1) is 17.8. The summed E-state index contributed by atoms with van der Waals surface area (Å²) < 4.78 is 9.88. The number of hydrogen-bond acceptors (Lipinski definition) is 6. The van der Waals surface area contributed by atoms with Crippen molar-refractivity contribution in [1.82, 2.24) is 9.97 Å². The minimum Gasteiger partial charge on any atom is -0.450 e. The zero-order valence-electron chi connectivity index (χ0n) is 14.6. The van der Waals surface area contributed by atoms with Crippen molar-refractivity contribution in [3.63, 3.8) is 0 Å². The van der Waals surface area contributed by atoms with Crippen LogP contribution in [0.4, 0.5) is 16.2 Å². The summed E-state index contributed by atoms with van der Waals surface area (Å²) in [6.45, 7) is 2.36. The number of ether oxygens (including phenoxy) is 2. The minimum absolute atomic E-state index is 0.100. The quantitative estimate of drug-likeness (QED) is 0.854. The second-order valence-electron chi connectivity index (χ2n) is 5.82. The highest BCUT2D eigenvalue weighted by molar-refractivity contribution is 5.96. The first-order valence-electron chi connectivity index (χ1n) is 8.28. The predicted molar refractivity (Wildman–Crippen MR) is 94.9 cm³/mol. The van der Waals surface area contributed by atoms with Gasteiger partial charge in [-0.3, -0.25) is 10.1 Å². The van der Waals surface area contributed by atoms with Gasteiger partial charge < -0.3 is 14.8 Å². The van der Waals surface area contributed by atoms with Gasteiger partial charge in [0.1, 0.15) is 6.61 Å². The van der Waals surface area contributed by atoms with Crippen molar-refractivity contribution in [2.24, 2.45) is 0 Å². The highest BCUT2D eigenvalue weighted by Gasteiger charge is 2.27. The van der Waals surface area contributed by atoms with E-state index in [4.69, 9.17) is 9.47 Å². The van der Waals surface area contributed by atoms with Crippen molar-refractivity contribution in [2.75, 3.05) is 24.4 Å². The van der Waals surface area contributed by atoms with Gasteiger partial charge in [0.05, 0.1) is 6.61 Å². The van der Waals surface area contributed by atoms with Gasteiger partial charge in [0.15, 0.2) is 5.82 Å². The van der Waals surface area contributed by atoms with Crippen LogP contribution in [0.15, 0.2) is 30.6 Å². The van der Waals surface area contributed by atoms with Crippen LogP contribution in [0.5, 0.6) is 0 Å². The number of methoxy groups -OCH3 is 1. The Kier molecular flexibility index (Phi) is 5.43. The summed E-state index contributed by atoms with van der Waals surface area (Å²) in [6, 6.07) is 5.38. The van der Waals surface area contributed by atoms with Crippen LogP contribution in [-0.4, -0.2) is 35.7 Å². The molecular formula is C18H20N4O4. The lowest BCUT2D eigenvalue weighted by Gasteiger charge is -2.26. The Hall–Kier alpha value is -3.00. The summed E-state index contributed by atoms with van der Waals surface area (Å²) in [6.07, 6.45) is 3.22. The van der Waals surface area contributed by atoms with E-state index in [9.17, 15) is 9.59 Å². The fourth-order valence-corrected chi connectivity index (χ4v) is 2.87. The highest BCUT2D eigenvalue weighted by atomic mass is 16.5. The van der Waals surface area contributed by atoms with Crippen LogP contribution < -0.4 is 10.6 Å². The first-order valence-corrected chi connectivity index (χ1v) is 8.28. The third-order valence-corrected chi connectivity index (χ3v) is 4.02. The van der Waals surface area contributed by atoms with E-state index in [1.54, 1.807) is 38.6 Å². The molecule has 1 aromatic carbocycles. The molecular weight excluding hydrogens is 336 g/mol. The fourth-order valence-electron chi connectivity index (χ4n) is 2.87. The molecule has 1 aliphatic heterocycles. The van der Waals surface area contributed by atoms with Crippen molar-refractivity contribution in [1.29, 1.82) is 0 Å². The number of aromatic nitrogens is 2. The molecule has 2 aromatic rings. The lowest BCUT2D eigenvalue weighted by atomic mass is 9.86. The smallest absolute Gasteiger partial charge is 0.411 e. The molecule has 2 heterocycles. The van der Waals surface area contributed by atoms with Gasteiger partial charge in [0, 0.05) is 43.2 Å². The van der Waals surface area contributed by atoms with Gasteiger partial charge in [-0.2, -0.15) is 0 Å². The summed E-state index contributed by atoms with van der Waals surface area (Å²) in [5, 5.41) is 5.48. The summed E-state index contributed by atoms with van der Waals surface area (Å²) in [4.78, 5) is 32.3. The Labute approximate surface area is 150 Å². The number of nitrogens with one attached hydrogen (secondary N) is 2. The van der Waals surface area contributed by atoms with Crippen LogP contribution in [0, 0.1) is 0 Å². The number of carbonyl (C=O) groups excluding carboxylic acids is 2. The second kappa shape index (κ2) is 7.92. The molecule has 3 rings (SSSR count). The Morgan fingerprint density at radius 2 is 2.12 bits per heavy atom. The van der Waals surface area contributed by atoms with Crippen molar-refractivity contribution in [2.45, 2.75) is 25.9 Å². The van der Waals surface area contributed by atoms with Crippen molar-refractivity contribution < 1.29 is 19.1 Å². The number of benzene rings is 1. The Balaban J connectivity index is 1.86. The van der Waals surface area contributed by atoms with Gasteiger partial charge in [-0.1, -0.05) is 6.07 Å². The summed E-state index contributed by atoms with van der Waals surface area (Å²) in [7, 11) is 1.58. The second-order valence-corrected chi connectivity index (χ2v) is 5.82. The summed E-state index contributed by atoms with van der Waals surface area (Å²) in [5.74, 6) is 0.342. The Morgan fingerprint density at radius 1 is 1.35 bits per heavy atom. The monoisotopic (exact) mass is 356 g/mol. The third-order valence-electron chi connectivity index (χ3n) is 4.02. The van der Waals surface area contributed by atoms with E-state index in [-0.39, 0.29) is 18.4 Å². The molecule has 0 spiro atoms. The molecule has 8 heteroatoms. The maximum Gasteiger partial charge on any atom is 0.411 e. The number of carbonyl (C=O) groups is 2. The molecule has 136 valence electrons. The van der Waals surface area contributed by atoms with Crippen LogP contribution in [0.2, 0.25) is 0 Å². The van der Waals surface area contributed by atoms with Gasteiger partial charge >= 0.3 is 6.09 Å². The Bertz CT molecular complexity index is 807. The Morgan fingerprint density at radius 3 is 2.81 bits per heavy atom. The average molecular weight is 356 g/mol. The van der Waals surface area contributed by atoms with E-state index in [2.05, 4.69) is 20.6 Å². The fraction of sp³-hybridized carbons (Fsp3) is 0.333. The standard InChI is InChI=1S/C18H20N4O4/c1-3-26-18(24)21-12-4-5-13-14(7-17(23)22-15(13)6-12)11-8-19-16(10-25-2)20-9-11/h4-6,8-9,14H,3,7,10H2,1-2H3,(H,21,24)(H,22,23)/t14-/m1/s1. The van der Waals surface area contributed by atoms with Crippen LogP contribution >= 0.6 is 0 Å². The molecule has 0 saturated carbocycles. The molecule has 1 atom stereocenters. The maximum atomic E-state index is 12.1. The van der Waals surface area contributed by atoms with Crippen LogP contribution in [0.1, 0.15) is 36.2 Å². The lowest BCUT2D eigenvalue weighted by Crippen LogP contribution is -2.24. The van der Waals surface area contributed by atoms with Gasteiger partial charge in [0.2, 0.25) is 5.91 Å². The van der Waals surface area contributed by atoms with Crippen molar-refractivity contribution in [3.05, 3.63) is 47.5 Å². The van der Waals surface area contributed by atoms with Crippen LogP contribution in [-0.2, 0) is 20.9 Å².